The number of rotatable bonds is 6. The van der Waals surface area contributed by atoms with Crippen LogP contribution in [0.15, 0.2) is 30.3 Å². The molecule has 2 rings (SSSR count). The van der Waals surface area contributed by atoms with E-state index in [-0.39, 0.29) is 24.7 Å². The van der Waals surface area contributed by atoms with E-state index in [9.17, 15) is 9.59 Å². The minimum absolute atomic E-state index is 0.0335. The maximum atomic E-state index is 11.9. The number of carbonyl (C=O) groups excluding carboxylic acids is 2. The van der Waals surface area contributed by atoms with Crippen molar-refractivity contribution in [1.29, 1.82) is 0 Å². The van der Waals surface area contributed by atoms with Crippen molar-refractivity contribution < 1.29 is 19.1 Å². The lowest BCUT2D eigenvalue weighted by Crippen LogP contribution is -2.42. The molecule has 23 heavy (non-hydrogen) atoms. The van der Waals surface area contributed by atoms with Gasteiger partial charge in [-0.25, -0.2) is 4.79 Å². The van der Waals surface area contributed by atoms with Gasteiger partial charge < -0.3 is 14.8 Å². The third kappa shape index (κ3) is 6.28. The zero-order chi connectivity index (χ0) is 16.5. The largest absolute Gasteiger partial charge is 0.446 e. The first-order valence-electron chi connectivity index (χ1n) is 8.07. The number of benzene rings is 1. The quantitative estimate of drug-likeness (QED) is 0.845. The molecule has 0 spiro atoms. The number of hydrogen-bond acceptors (Lipinski definition) is 4. The van der Waals surface area contributed by atoms with Gasteiger partial charge in [0.1, 0.15) is 12.7 Å². The zero-order valence-corrected chi connectivity index (χ0v) is 13.4. The average molecular weight is 320 g/mol. The molecule has 2 N–H and O–H groups in total. The lowest BCUT2D eigenvalue weighted by Gasteiger charge is -2.29. The first-order chi connectivity index (χ1) is 11.2. The van der Waals surface area contributed by atoms with Crippen LogP contribution in [0.5, 0.6) is 0 Å². The number of anilines is 1. The minimum atomic E-state index is -0.456. The Labute approximate surface area is 136 Å². The van der Waals surface area contributed by atoms with Crippen molar-refractivity contribution >= 4 is 17.7 Å². The molecule has 6 heteroatoms. The van der Waals surface area contributed by atoms with E-state index in [1.54, 1.807) is 12.1 Å². The maximum Gasteiger partial charge on any atom is 0.411 e. The van der Waals surface area contributed by atoms with Crippen molar-refractivity contribution in [3.63, 3.8) is 0 Å². The fourth-order valence-corrected chi connectivity index (χ4v) is 2.67. The third-order valence-electron chi connectivity index (χ3n) is 3.72. The van der Waals surface area contributed by atoms with Crippen LogP contribution in [0.25, 0.3) is 0 Å². The van der Waals surface area contributed by atoms with Crippen molar-refractivity contribution in [2.24, 2.45) is 0 Å². The molecule has 0 aliphatic heterocycles. The number of hydrogen-bond donors (Lipinski definition) is 2. The minimum Gasteiger partial charge on any atom is -0.446 e. The highest BCUT2D eigenvalue weighted by molar-refractivity contribution is 5.84. The molecule has 0 aromatic heterocycles. The van der Waals surface area contributed by atoms with Gasteiger partial charge in [-0.3, -0.25) is 10.1 Å². The summed E-state index contributed by atoms with van der Waals surface area (Å²) in [5.41, 5.74) is 0.704. The Hall–Kier alpha value is -2.08. The summed E-state index contributed by atoms with van der Waals surface area (Å²) in [6, 6.07) is 9.22. The van der Waals surface area contributed by atoms with Gasteiger partial charge in [0.2, 0.25) is 5.91 Å². The van der Waals surface area contributed by atoms with E-state index < -0.39 is 6.09 Å². The molecule has 0 unspecified atom stereocenters. The highest BCUT2D eigenvalue weighted by atomic mass is 16.6. The van der Waals surface area contributed by atoms with Gasteiger partial charge in [0.15, 0.2) is 0 Å². The van der Waals surface area contributed by atoms with Gasteiger partial charge in [0, 0.05) is 24.8 Å². The van der Waals surface area contributed by atoms with Crippen molar-refractivity contribution in [2.45, 2.75) is 44.8 Å². The predicted octanol–water partition coefficient (Wildman–Crippen LogP) is 2.70. The topological polar surface area (TPSA) is 76.7 Å². The Morgan fingerprint density at radius 3 is 2.74 bits per heavy atom. The predicted molar refractivity (Wildman–Crippen MR) is 87.2 cm³/mol. The summed E-state index contributed by atoms with van der Waals surface area (Å²) >= 11 is 0. The molecule has 2 atom stereocenters. The SMILES string of the molecule is CCOCC(=O)N[C@@H]1CCC[C@H](OC(=O)Nc2ccccc2)C1. The second-order valence-corrected chi connectivity index (χ2v) is 5.59. The first kappa shape index (κ1) is 17.3. The van der Waals surface area contributed by atoms with E-state index >= 15 is 0 Å². The molecule has 1 aromatic rings. The molecule has 2 amide bonds. The highest BCUT2D eigenvalue weighted by Crippen LogP contribution is 2.22. The lowest BCUT2D eigenvalue weighted by atomic mass is 9.93. The van der Waals surface area contributed by atoms with Crippen LogP contribution >= 0.6 is 0 Å². The third-order valence-corrected chi connectivity index (χ3v) is 3.72. The summed E-state index contributed by atoms with van der Waals surface area (Å²) in [6.07, 6.45) is 2.65. The van der Waals surface area contributed by atoms with Crippen molar-refractivity contribution in [2.75, 3.05) is 18.5 Å². The van der Waals surface area contributed by atoms with Gasteiger partial charge in [0.05, 0.1) is 0 Å². The second kappa shape index (κ2) is 9.15. The fraction of sp³-hybridized carbons (Fsp3) is 0.529. The molecule has 1 aromatic carbocycles. The monoisotopic (exact) mass is 320 g/mol. The van der Waals surface area contributed by atoms with Crippen molar-refractivity contribution in [3.05, 3.63) is 30.3 Å². The zero-order valence-electron chi connectivity index (χ0n) is 13.4. The van der Waals surface area contributed by atoms with Gasteiger partial charge in [-0.15, -0.1) is 0 Å². The highest BCUT2D eigenvalue weighted by Gasteiger charge is 2.26. The van der Waals surface area contributed by atoms with Gasteiger partial charge in [-0.2, -0.15) is 0 Å². The van der Waals surface area contributed by atoms with Gasteiger partial charge in [-0.05, 0) is 38.3 Å². The van der Waals surface area contributed by atoms with Crippen LogP contribution in [-0.2, 0) is 14.3 Å². The normalized spacial score (nSPS) is 20.6. The molecular weight excluding hydrogens is 296 g/mol. The Morgan fingerprint density at radius 2 is 2.00 bits per heavy atom. The van der Waals surface area contributed by atoms with Gasteiger partial charge in [0.25, 0.3) is 0 Å². The first-order valence-corrected chi connectivity index (χ1v) is 8.07. The van der Waals surface area contributed by atoms with E-state index in [0.29, 0.717) is 18.7 Å². The average Bonchev–Trinajstić information content (AvgIpc) is 2.54. The molecule has 1 fully saturated rings. The standard InChI is InChI=1S/C17H24N2O4/c1-2-22-12-16(20)18-14-9-6-10-15(11-14)23-17(21)19-13-7-4-3-5-8-13/h3-5,7-8,14-15H,2,6,9-12H2,1H3,(H,18,20)(H,19,21)/t14-,15+/m1/s1. The van der Waals surface area contributed by atoms with E-state index in [1.807, 2.05) is 25.1 Å². The van der Waals surface area contributed by atoms with Crippen LogP contribution in [0.2, 0.25) is 0 Å². The number of nitrogens with one attached hydrogen (secondary N) is 2. The summed E-state index contributed by atoms with van der Waals surface area (Å²) in [6.45, 7) is 2.44. The van der Waals surface area contributed by atoms with Crippen LogP contribution in [0.3, 0.4) is 0 Å². The molecule has 0 bridgehead atoms. The molecule has 0 heterocycles. The molecule has 6 nitrogen and oxygen atoms in total. The number of para-hydroxylation sites is 1. The van der Waals surface area contributed by atoms with Crippen LogP contribution in [0.1, 0.15) is 32.6 Å². The summed E-state index contributed by atoms with van der Waals surface area (Å²) in [4.78, 5) is 23.6. The maximum absolute atomic E-state index is 11.9. The van der Waals surface area contributed by atoms with Crippen LogP contribution in [0, 0.1) is 0 Å². The molecule has 1 saturated carbocycles. The van der Waals surface area contributed by atoms with Gasteiger partial charge in [-0.1, -0.05) is 18.2 Å². The second-order valence-electron chi connectivity index (χ2n) is 5.59. The Balaban J connectivity index is 1.75. The van der Waals surface area contributed by atoms with E-state index in [1.165, 1.54) is 0 Å². The Bertz CT molecular complexity index is 507. The van der Waals surface area contributed by atoms with Crippen LogP contribution < -0.4 is 10.6 Å². The Kier molecular flexibility index (Phi) is 6.87. The summed E-state index contributed by atoms with van der Waals surface area (Å²) in [5, 5.41) is 5.64. The van der Waals surface area contributed by atoms with Crippen molar-refractivity contribution in [1.82, 2.24) is 5.32 Å². The Morgan fingerprint density at radius 1 is 1.22 bits per heavy atom. The van der Waals surface area contributed by atoms with E-state index in [2.05, 4.69) is 10.6 Å². The molecule has 1 aliphatic rings. The number of carbonyl (C=O) groups is 2. The molecular formula is C17H24N2O4. The van der Waals surface area contributed by atoms with E-state index in [4.69, 9.17) is 9.47 Å². The summed E-state index contributed by atoms with van der Waals surface area (Å²) in [5.74, 6) is -0.119. The van der Waals surface area contributed by atoms with Crippen LogP contribution in [-0.4, -0.2) is 37.4 Å². The fourth-order valence-electron chi connectivity index (χ4n) is 2.67. The number of ether oxygens (including phenoxy) is 2. The smallest absolute Gasteiger partial charge is 0.411 e. The summed E-state index contributed by atoms with van der Waals surface area (Å²) < 4.78 is 10.5. The number of amides is 2. The lowest BCUT2D eigenvalue weighted by molar-refractivity contribution is -0.126. The van der Waals surface area contributed by atoms with Crippen molar-refractivity contribution in [3.8, 4) is 0 Å². The molecule has 1 aliphatic carbocycles. The molecule has 0 saturated heterocycles. The van der Waals surface area contributed by atoms with Crippen LogP contribution in [0.4, 0.5) is 10.5 Å². The van der Waals surface area contributed by atoms with Gasteiger partial charge >= 0.3 is 6.09 Å². The molecule has 0 radical (unpaired) electrons. The molecule has 126 valence electrons. The summed E-state index contributed by atoms with van der Waals surface area (Å²) in [7, 11) is 0. The van der Waals surface area contributed by atoms with E-state index in [0.717, 1.165) is 19.3 Å².